The van der Waals surface area contributed by atoms with E-state index in [-0.39, 0.29) is 31.0 Å². The van der Waals surface area contributed by atoms with Crippen LogP contribution >= 0.6 is 0 Å². The lowest BCUT2D eigenvalue weighted by atomic mass is 10.0. The molecule has 1 aromatic carbocycles. The van der Waals surface area contributed by atoms with Gasteiger partial charge in [-0.25, -0.2) is 4.79 Å². The van der Waals surface area contributed by atoms with Gasteiger partial charge in [0.25, 0.3) is 0 Å². The van der Waals surface area contributed by atoms with Gasteiger partial charge in [-0.3, -0.25) is 10.1 Å². The highest BCUT2D eigenvalue weighted by atomic mass is 16.5. The molecule has 0 aromatic heterocycles. The number of hydrogen-bond donors (Lipinski definition) is 1. The lowest BCUT2D eigenvalue weighted by molar-refractivity contribution is -0.154. The maximum atomic E-state index is 11.7. The topological polar surface area (TPSA) is 64.6 Å². The van der Waals surface area contributed by atoms with Crippen LogP contribution in [-0.2, 0) is 19.1 Å². The van der Waals surface area contributed by atoms with E-state index in [0.717, 1.165) is 5.56 Å². The summed E-state index contributed by atoms with van der Waals surface area (Å²) in [6.07, 6.45) is 0.188. The van der Waals surface area contributed by atoms with E-state index in [1.165, 1.54) is 7.11 Å². The predicted octanol–water partition coefficient (Wildman–Crippen LogP) is 0.806. The lowest BCUT2D eigenvalue weighted by Crippen LogP contribution is -2.47. The first kappa shape index (κ1) is 12.6. The van der Waals surface area contributed by atoms with Crippen LogP contribution in [0.4, 0.5) is 0 Å². The summed E-state index contributed by atoms with van der Waals surface area (Å²) < 4.78 is 9.70. The van der Waals surface area contributed by atoms with Crippen molar-refractivity contribution in [3.8, 4) is 0 Å². The maximum absolute atomic E-state index is 11.7. The van der Waals surface area contributed by atoms with E-state index in [9.17, 15) is 9.59 Å². The molecule has 0 radical (unpaired) electrons. The highest BCUT2D eigenvalue weighted by Crippen LogP contribution is 2.19. The Morgan fingerprint density at radius 2 is 2.17 bits per heavy atom. The fourth-order valence-electron chi connectivity index (χ4n) is 1.90. The van der Waals surface area contributed by atoms with Gasteiger partial charge >= 0.3 is 11.9 Å². The number of ether oxygens (including phenoxy) is 2. The third kappa shape index (κ3) is 2.87. The van der Waals surface area contributed by atoms with E-state index in [1.54, 1.807) is 0 Å². The number of hydrogen-bond acceptors (Lipinski definition) is 5. The molecule has 2 rings (SSSR count). The third-order valence-corrected chi connectivity index (χ3v) is 2.84. The van der Waals surface area contributed by atoms with Crippen molar-refractivity contribution in [1.82, 2.24) is 5.32 Å². The average Bonchev–Trinajstić information content (AvgIpc) is 2.42. The molecule has 0 unspecified atom stereocenters. The number of carbonyl (C=O) groups excluding carboxylic acids is 2. The zero-order valence-corrected chi connectivity index (χ0v) is 10.1. The van der Waals surface area contributed by atoms with Crippen LogP contribution in [0.2, 0.25) is 0 Å². The molecule has 0 spiro atoms. The number of benzene rings is 1. The Kier molecular flexibility index (Phi) is 3.94. The molecule has 0 bridgehead atoms. The Morgan fingerprint density at radius 3 is 2.83 bits per heavy atom. The fraction of sp³-hybridized carbons (Fsp3) is 0.385. The first-order valence-electron chi connectivity index (χ1n) is 5.75. The largest absolute Gasteiger partial charge is 0.469 e. The molecule has 1 aromatic rings. The van der Waals surface area contributed by atoms with Gasteiger partial charge in [0.15, 0.2) is 0 Å². The van der Waals surface area contributed by atoms with E-state index in [0.29, 0.717) is 0 Å². The molecule has 2 atom stereocenters. The van der Waals surface area contributed by atoms with Gasteiger partial charge in [0.05, 0.1) is 19.6 Å². The summed E-state index contributed by atoms with van der Waals surface area (Å²) in [5.41, 5.74) is 0.831. The molecule has 0 aliphatic carbocycles. The van der Waals surface area contributed by atoms with Gasteiger partial charge in [-0.05, 0) is 5.56 Å². The van der Waals surface area contributed by atoms with Gasteiger partial charge in [0, 0.05) is 0 Å². The van der Waals surface area contributed by atoms with Crippen LogP contribution in [0.1, 0.15) is 18.0 Å². The normalized spacial score (nSPS) is 23.3. The van der Waals surface area contributed by atoms with Crippen molar-refractivity contribution in [3.63, 3.8) is 0 Å². The van der Waals surface area contributed by atoms with Crippen molar-refractivity contribution in [2.45, 2.75) is 18.5 Å². The third-order valence-electron chi connectivity index (χ3n) is 2.84. The Bertz CT molecular complexity index is 432. The average molecular weight is 249 g/mol. The second-order valence-electron chi connectivity index (χ2n) is 4.12. The lowest BCUT2D eigenvalue weighted by Gasteiger charge is -2.29. The first-order valence-corrected chi connectivity index (χ1v) is 5.75. The molecular formula is C13H15NO4. The second kappa shape index (κ2) is 5.64. The fourth-order valence-corrected chi connectivity index (χ4v) is 1.90. The second-order valence-corrected chi connectivity index (χ2v) is 4.12. The number of nitrogens with one attached hydrogen (secondary N) is 1. The molecule has 5 heteroatoms. The monoisotopic (exact) mass is 249 g/mol. The van der Waals surface area contributed by atoms with Gasteiger partial charge in [0.1, 0.15) is 12.6 Å². The Labute approximate surface area is 105 Å². The van der Waals surface area contributed by atoms with E-state index in [4.69, 9.17) is 4.74 Å². The van der Waals surface area contributed by atoms with Crippen molar-refractivity contribution >= 4 is 11.9 Å². The molecule has 1 N–H and O–H groups in total. The SMILES string of the molecule is COC(=O)C[C@H]1COC(=O)[C@@H](c2ccccc2)N1. The predicted molar refractivity (Wildman–Crippen MR) is 63.7 cm³/mol. The summed E-state index contributed by atoms with van der Waals surface area (Å²) in [5.74, 6) is -0.639. The van der Waals surface area contributed by atoms with Gasteiger partial charge in [-0.15, -0.1) is 0 Å². The van der Waals surface area contributed by atoms with Crippen LogP contribution in [0, 0.1) is 0 Å². The summed E-state index contributed by atoms with van der Waals surface area (Å²) in [5, 5.41) is 3.11. The number of methoxy groups -OCH3 is 1. The summed E-state index contributed by atoms with van der Waals surface area (Å²) >= 11 is 0. The van der Waals surface area contributed by atoms with Crippen molar-refractivity contribution in [2.75, 3.05) is 13.7 Å². The Morgan fingerprint density at radius 1 is 1.44 bits per heavy atom. The van der Waals surface area contributed by atoms with Crippen LogP contribution in [-0.4, -0.2) is 31.7 Å². The number of carbonyl (C=O) groups is 2. The van der Waals surface area contributed by atoms with E-state index in [1.807, 2.05) is 30.3 Å². The van der Waals surface area contributed by atoms with Crippen LogP contribution in [0.25, 0.3) is 0 Å². The Balaban J connectivity index is 2.06. The van der Waals surface area contributed by atoms with E-state index < -0.39 is 6.04 Å². The van der Waals surface area contributed by atoms with Gasteiger partial charge in [0.2, 0.25) is 0 Å². The molecule has 1 aliphatic heterocycles. The van der Waals surface area contributed by atoms with Crippen LogP contribution in [0.15, 0.2) is 30.3 Å². The molecule has 1 fully saturated rings. The minimum atomic E-state index is -0.519. The highest BCUT2D eigenvalue weighted by molar-refractivity contribution is 5.79. The summed E-state index contributed by atoms with van der Waals surface area (Å²) in [6.45, 7) is 0.192. The van der Waals surface area contributed by atoms with Crippen molar-refractivity contribution in [1.29, 1.82) is 0 Å². The van der Waals surface area contributed by atoms with Gasteiger partial charge in [-0.2, -0.15) is 0 Å². The molecule has 0 saturated carbocycles. The number of morpholine rings is 1. The van der Waals surface area contributed by atoms with Crippen molar-refractivity contribution < 1.29 is 19.1 Å². The molecule has 0 amide bonds. The smallest absolute Gasteiger partial charge is 0.327 e. The van der Waals surface area contributed by atoms with Crippen LogP contribution in [0.3, 0.4) is 0 Å². The highest BCUT2D eigenvalue weighted by Gasteiger charge is 2.31. The Hall–Kier alpha value is -1.88. The van der Waals surface area contributed by atoms with Crippen molar-refractivity contribution in [2.24, 2.45) is 0 Å². The van der Waals surface area contributed by atoms with Crippen LogP contribution < -0.4 is 5.32 Å². The summed E-state index contributed by atoms with van der Waals surface area (Å²) in [7, 11) is 1.34. The zero-order valence-electron chi connectivity index (χ0n) is 10.1. The summed E-state index contributed by atoms with van der Waals surface area (Å²) in [4.78, 5) is 22.9. The van der Waals surface area contributed by atoms with Gasteiger partial charge in [-0.1, -0.05) is 30.3 Å². The molecule has 1 heterocycles. The van der Waals surface area contributed by atoms with E-state index in [2.05, 4.69) is 10.1 Å². The molecule has 1 aliphatic rings. The zero-order chi connectivity index (χ0) is 13.0. The first-order chi connectivity index (χ1) is 8.70. The van der Waals surface area contributed by atoms with Gasteiger partial charge < -0.3 is 9.47 Å². The quantitative estimate of drug-likeness (QED) is 0.803. The molecule has 96 valence electrons. The summed E-state index contributed by atoms with van der Waals surface area (Å²) in [6, 6.07) is 8.56. The molecule has 1 saturated heterocycles. The number of cyclic esters (lactones) is 1. The van der Waals surface area contributed by atoms with Crippen LogP contribution in [0.5, 0.6) is 0 Å². The number of rotatable bonds is 3. The minimum Gasteiger partial charge on any atom is -0.469 e. The van der Waals surface area contributed by atoms with Crippen molar-refractivity contribution in [3.05, 3.63) is 35.9 Å². The standard InChI is InChI=1S/C13H15NO4/c1-17-11(15)7-10-8-18-13(16)12(14-10)9-5-3-2-4-6-9/h2-6,10,12,14H,7-8H2,1H3/t10-,12+/m0/s1. The number of esters is 2. The van der Waals surface area contributed by atoms with E-state index >= 15 is 0 Å². The maximum Gasteiger partial charge on any atom is 0.327 e. The molecular weight excluding hydrogens is 234 g/mol. The molecule has 18 heavy (non-hydrogen) atoms. The molecule has 5 nitrogen and oxygen atoms in total. The minimum absolute atomic E-state index is 0.188.